The van der Waals surface area contributed by atoms with Crippen molar-refractivity contribution >= 4 is 35.6 Å². The van der Waals surface area contributed by atoms with Gasteiger partial charge in [-0.1, -0.05) is 60.7 Å². The first-order valence-corrected chi connectivity index (χ1v) is 13.1. The average molecular weight is 530 g/mol. The molecule has 0 aliphatic heterocycles. The molecule has 0 bridgehead atoms. The van der Waals surface area contributed by atoms with Crippen LogP contribution in [-0.2, 0) is 36.2 Å². The maximum absolute atomic E-state index is 13.3. The Hall–Kier alpha value is -3.37. The molecule has 0 aliphatic rings. The van der Waals surface area contributed by atoms with Gasteiger partial charge in [0.1, 0.15) is 18.2 Å². The molecule has 2 rings (SSSR count). The van der Waals surface area contributed by atoms with Crippen LogP contribution in [0.5, 0.6) is 0 Å². The maximum Gasteiger partial charge on any atom is 0.417 e. The highest BCUT2D eigenvalue weighted by Gasteiger charge is 2.39. The van der Waals surface area contributed by atoms with E-state index in [0.29, 0.717) is 10.7 Å². The third-order valence-electron chi connectivity index (χ3n) is 5.06. The van der Waals surface area contributed by atoms with Crippen molar-refractivity contribution in [1.29, 1.82) is 0 Å². The van der Waals surface area contributed by atoms with E-state index in [1.807, 2.05) is 48.5 Å². The molecule has 2 atom stereocenters. The number of imide groups is 1. The molecular formula is C27H35N3O6S. The largest absolute Gasteiger partial charge is 0.461 e. The molecule has 0 radical (unpaired) electrons. The van der Waals surface area contributed by atoms with Gasteiger partial charge in [0.05, 0.1) is 6.04 Å². The summed E-state index contributed by atoms with van der Waals surface area (Å²) in [5.41, 5.74) is 12.6. The molecule has 0 fully saturated rings. The van der Waals surface area contributed by atoms with Crippen LogP contribution < -0.4 is 11.5 Å². The topological polar surface area (TPSA) is 142 Å². The second-order valence-corrected chi connectivity index (χ2v) is 10.4. The predicted octanol–water partition coefficient (Wildman–Crippen LogP) is 3.39. The minimum atomic E-state index is -1.43. The van der Waals surface area contributed by atoms with Crippen LogP contribution in [0.1, 0.15) is 44.7 Å². The number of hydrogen-bond acceptors (Lipinski definition) is 8. The van der Waals surface area contributed by atoms with Gasteiger partial charge in [-0.3, -0.25) is 14.4 Å². The van der Waals surface area contributed by atoms with Crippen LogP contribution in [0.4, 0.5) is 4.79 Å². The van der Waals surface area contributed by atoms with Gasteiger partial charge in [0.2, 0.25) is 11.8 Å². The van der Waals surface area contributed by atoms with Crippen LogP contribution in [0.3, 0.4) is 0 Å². The second kappa shape index (κ2) is 14.4. The molecule has 0 aromatic heterocycles. The molecule has 0 aliphatic carbocycles. The molecule has 0 unspecified atom stereocenters. The molecular weight excluding hydrogens is 494 g/mol. The maximum atomic E-state index is 13.3. The molecule has 0 saturated carbocycles. The van der Waals surface area contributed by atoms with Crippen LogP contribution in [0.25, 0.3) is 0 Å². The molecule has 2 aromatic rings. The summed E-state index contributed by atoms with van der Waals surface area (Å²) in [7, 11) is 0. The van der Waals surface area contributed by atoms with Crippen molar-refractivity contribution in [2.75, 3.05) is 5.75 Å². The van der Waals surface area contributed by atoms with Gasteiger partial charge in [-0.2, -0.15) is 11.8 Å². The van der Waals surface area contributed by atoms with Gasteiger partial charge in [-0.05, 0) is 38.3 Å². The SMILES string of the molecule is CC(C)(C)OC(=O)N(C(=O)[C@@H](N)CSCc1ccccc1)[C@H](CCC(=O)OCc1ccccc1)C(N)=O. The first-order chi connectivity index (χ1) is 17.5. The predicted molar refractivity (Wildman–Crippen MR) is 142 cm³/mol. The minimum Gasteiger partial charge on any atom is -0.461 e. The van der Waals surface area contributed by atoms with Crippen molar-refractivity contribution in [3.05, 3.63) is 71.8 Å². The van der Waals surface area contributed by atoms with Crippen molar-refractivity contribution in [1.82, 2.24) is 4.90 Å². The molecule has 9 nitrogen and oxygen atoms in total. The number of primary amides is 1. The molecule has 4 N–H and O–H groups in total. The smallest absolute Gasteiger partial charge is 0.417 e. The van der Waals surface area contributed by atoms with Crippen molar-refractivity contribution in [2.45, 2.75) is 63.7 Å². The molecule has 37 heavy (non-hydrogen) atoms. The van der Waals surface area contributed by atoms with Gasteiger partial charge < -0.3 is 20.9 Å². The van der Waals surface area contributed by atoms with E-state index >= 15 is 0 Å². The summed E-state index contributed by atoms with van der Waals surface area (Å²) < 4.78 is 10.6. The van der Waals surface area contributed by atoms with E-state index in [-0.39, 0.29) is 25.2 Å². The van der Waals surface area contributed by atoms with Crippen molar-refractivity contribution in [3.8, 4) is 0 Å². The number of thioether (sulfide) groups is 1. The number of carbonyl (C=O) groups is 4. The van der Waals surface area contributed by atoms with E-state index in [1.54, 1.807) is 32.9 Å². The van der Waals surface area contributed by atoms with Crippen LogP contribution in [0, 0.1) is 0 Å². The van der Waals surface area contributed by atoms with Crippen LogP contribution >= 0.6 is 11.8 Å². The van der Waals surface area contributed by atoms with Gasteiger partial charge in [0.15, 0.2) is 0 Å². The number of rotatable bonds is 12. The Morgan fingerprint density at radius 3 is 2.05 bits per heavy atom. The number of carbonyl (C=O) groups excluding carboxylic acids is 4. The summed E-state index contributed by atoms with van der Waals surface area (Å²) in [4.78, 5) is 51.6. The summed E-state index contributed by atoms with van der Waals surface area (Å²) in [5, 5.41) is 0. The number of benzene rings is 2. The summed E-state index contributed by atoms with van der Waals surface area (Å²) in [6.45, 7) is 4.94. The Morgan fingerprint density at radius 1 is 0.946 bits per heavy atom. The molecule has 0 saturated heterocycles. The van der Waals surface area contributed by atoms with Gasteiger partial charge >= 0.3 is 12.1 Å². The Labute approximate surface area is 221 Å². The number of nitrogens with two attached hydrogens (primary N) is 2. The van der Waals surface area contributed by atoms with E-state index in [0.717, 1.165) is 11.1 Å². The summed E-state index contributed by atoms with van der Waals surface area (Å²) >= 11 is 1.41. The Kier molecular flexibility index (Phi) is 11.6. The van der Waals surface area contributed by atoms with Crippen LogP contribution in [-0.4, -0.2) is 52.2 Å². The lowest BCUT2D eigenvalue weighted by Crippen LogP contribution is -2.57. The third-order valence-corrected chi connectivity index (χ3v) is 6.19. The normalized spacial score (nSPS) is 12.8. The summed E-state index contributed by atoms with van der Waals surface area (Å²) in [6.07, 6.45) is -1.52. The molecule has 0 spiro atoms. The fraction of sp³-hybridized carbons (Fsp3) is 0.407. The Bertz CT molecular complexity index is 1040. The zero-order valence-electron chi connectivity index (χ0n) is 21.4. The monoisotopic (exact) mass is 529 g/mol. The quantitative estimate of drug-likeness (QED) is 0.399. The Balaban J connectivity index is 2.08. The van der Waals surface area contributed by atoms with E-state index in [4.69, 9.17) is 20.9 Å². The summed E-state index contributed by atoms with van der Waals surface area (Å²) in [5.74, 6) is -1.57. The van der Waals surface area contributed by atoms with Crippen molar-refractivity contribution in [2.24, 2.45) is 11.5 Å². The van der Waals surface area contributed by atoms with E-state index in [1.165, 1.54) is 11.8 Å². The standard InChI is InChI=1S/C27H35N3O6S/c1-27(2,3)36-26(34)30(25(33)21(28)18-37-17-20-12-8-5-9-13-20)22(24(29)32)14-15-23(31)35-16-19-10-6-4-7-11-19/h4-13,21-22H,14-18,28H2,1-3H3,(H2,29,32)/t21-,22+/m0/s1. The van der Waals surface area contributed by atoms with E-state index in [2.05, 4.69) is 0 Å². The van der Waals surface area contributed by atoms with Crippen LogP contribution in [0.2, 0.25) is 0 Å². The zero-order valence-corrected chi connectivity index (χ0v) is 22.2. The van der Waals surface area contributed by atoms with Gasteiger partial charge in [-0.15, -0.1) is 0 Å². The van der Waals surface area contributed by atoms with Gasteiger partial charge in [0.25, 0.3) is 0 Å². The Morgan fingerprint density at radius 2 is 1.51 bits per heavy atom. The summed E-state index contributed by atoms with van der Waals surface area (Å²) in [6, 6.07) is 16.2. The van der Waals surface area contributed by atoms with E-state index < -0.39 is 41.6 Å². The van der Waals surface area contributed by atoms with Crippen molar-refractivity contribution in [3.63, 3.8) is 0 Å². The second-order valence-electron chi connectivity index (χ2n) is 9.40. The van der Waals surface area contributed by atoms with Gasteiger partial charge in [-0.25, -0.2) is 9.69 Å². The fourth-order valence-electron chi connectivity index (χ4n) is 3.27. The number of amides is 3. The highest BCUT2D eigenvalue weighted by Crippen LogP contribution is 2.19. The highest BCUT2D eigenvalue weighted by atomic mass is 32.2. The fourth-order valence-corrected chi connectivity index (χ4v) is 4.22. The van der Waals surface area contributed by atoms with Crippen LogP contribution in [0.15, 0.2) is 60.7 Å². The average Bonchev–Trinajstić information content (AvgIpc) is 2.84. The third kappa shape index (κ3) is 10.6. The number of nitrogens with zero attached hydrogens (tertiary/aromatic N) is 1. The van der Waals surface area contributed by atoms with Crippen molar-refractivity contribution < 1.29 is 28.7 Å². The number of ether oxygens (including phenoxy) is 2. The molecule has 0 heterocycles. The lowest BCUT2D eigenvalue weighted by molar-refractivity contribution is -0.147. The van der Waals surface area contributed by atoms with Gasteiger partial charge in [0, 0.05) is 17.9 Å². The zero-order chi connectivity index (χ0) is 27.4. The van der Waals surface area contributed by atoms with E-state index in [9.17, 15) is 19.2 Å². The first kappa shape index (κ1) is 29.9. The molecule has 10 heteroatoms. The number of esters is 1. The molecule has 3 amide bonds. The molecule has 2 aromatic carbocycles. The minimum absolute atomic E-state index is 0.0547. The first-order valence-electron chi connectivity index (χ1n) is 11.9. The lowest BCUT2D eigenvalue weighted by atomic mass is 10.1. The highest BCUT2D eigenvalue weighted by molar-refractivity contribution is 7.98. The number of hydrogen-bond donors (Lipinski definition) is 2. The lowest BCUT2D eigenvalue weighted by Gasteiger charge is -2.32. The molecule has 200 valence electrons.